The monoisotopic (exact) mass is 222 g/mol. The van der Waals surface area contributed by atoms with Crippen molar-refractivity contribution in [3.63, 3.8) is 0 Å². The van der Waals surface area contributed by atoms with E-state index in [1.807, 2.05) is 32.0 Å². The lowest BCUT2D eigenvalue weighted by molar-refractivity contribution is -0.123. The molecule has 0 saturated carbocycles. The summed E-state index contributed by atoms with van der Waals surface area (Å²) < 4.78 is 5.44. The van der Waals surface area contributed by atoms with Gasteiger partial charge >= 0.3 is 0 Å². The van der Waals surface area contributed by atoms with E-state index >= 15 is 0 Å². The van der Waals surface area contributed by atoms with Gasteiger partial charge in [-0.3, -0.25) is 4.79 Å². The Labute approximate surface area is 95.6 Å². The molecule has 0 aliphatic heterocycles. The van der Waals surface area contributed by atoms with Crippen molar-refractivity contribution in [1.29, 1.82) is 0 Å². The second-order valence-electron chi connectivity index (χ2n) is 4.32. The number of aryl methyl sites for hydroxylation is 2. The first-order valence-corrected chi connectivity index (χ1v) is 5.12. The van der Waals surface area contributed by atoms with Crippen LogP contribution in [0.1, 0.15) is 18.1 Å². The summed E-state index contributed by atoms with van der Waals surface area (Å²) in [4.78, 5) is 11.0. The Morgan fingerprint density at radius 3 is 2.50 bits per heavy atom. The molecule has 4 heteroatoms. The van der Waals surface area contributed by atoms with Gasteiger partial charge in [0.2, 0.25) is 5.91 Å². The maximum Gasteiger partial charge on any atom is 0.240 e. The van der Waals surface area contributed by atoms with E-state index in [2.05, 4.69) is 0 Å². The van der Waals surface area contributed by atoms with E-state index in [9.17, 15) is 4.79 Å². The van der Waals surface area contributed by atoms with Crippen molar-refractivity contribution < 1.29 is 9.53 Å². The van der Waals surface area contributed by atoms with Gasteiger partial charge in [-0.2, -0.15) is 0 Å². The fourth-order valence-corrected chi connectivity index (χ4v) is 1.11. The molecule has 1 aromatic carbocycles. The molecule has 0 radical (unpaired) electrons. The highest BCUT2D eigenvalue weighted by molar-refractivity contribution is 5.84. The van der Waals surface area contributed by atoms with Gasteiger partial charge in [-0.25, -0.2) is 0 Å². The lowest BCUT2D eigenvalue weighted by Gasteiger charge is -2.20. The van der Waals surface area contributed by atoms with Crippen molar-refractivity contribution in [2.75, 3.05) is 6.61 Å². The third-order valence-electron chi connectivity index (χ3n) is 2.58. The molecule has 1 unspecified atom stereocenters. The summed E-state index contributed by atoms with van der Waals surface area (Å²) in [5, 5.41) is 0. The van der Waals surface area contributed by atoms with Gasteiger partial charge in [0.25, 0.3) is 0 Å². The Kier molecular flexibility index (Phi) is 3.55. The number of amides is 1. The molecular weight excluding hydrogens is 204 g/mol. The molecule has 0 spiro atoms. The van der Waals surface area contributed by atoms with Crippen molar-refractivity contribution in [1.82, 2.24) is 0 Å². The van der Waals surface area contributed by atoms with Crippen LogP contribution in [0.15, 0.2) is 18.2 Å². The van der Waals surface area contributed by atoms with Crippen LogP contribution in [0.4, 0.5) is 0 Å². The standard InChI is InChI=1S/C12H18N2O2/c1-8-4-5-10(6-9(8)2)16-7-12(3,14)11(13)15/h4-6H,7,14H2,1-3H3,(H2,13,15). The molecule has 0 saturated heterocycles. The van der Waals surface area contributed by atoms with Crippen LogP contribution < -0.4 is 16.2 Å². The molecular formula is C12H18N2O2. The Hall–Kier alpha value is -1.55. The number of carbonyl (C=O) groups excluding carboxylic acids is 1. The smallest absolute Gasteiger partial charge is 0.240 e. The van der Waals surface area contributed by atoms with Gasteiger partial charge in [0.15, 0.2) is 0 Å². The molecule has 4 nitrogen and oxygen atoms in total. The highest BCUT2D eigenvalue weighted by Crippen LogP contribution is 2.17. The molecule has 0 aromatic heterocycles. The van der Waals surface area contributed by atoms with Gasteiger partial charge < -0.3 is 16.2 Å². The Morgan fingerprint density at radius 2 is 2.00 bits per heavy atom. The minimum Gasteiger partial charge on any atom is -0.491 e. The molecule has 0 aliphatic carbocycles. The lowest BCUT2D eigenvalue weighted by atomic mass is 10.1. The highest BCUT2D eigenvalue weighted by Gasteiger charge is 2.26. The van der Waals surface area contributed by atoms with Gasteiger partial charge in [-0.05, 0) is 44.0 Å². The molecule has 4 N–H and O–H groups in total. The van der Waals surface area contributed by atoms with E-state index in [4.69, 9.17) is 16.2 Å². The van der Waals surface area contributed by atoms with Crippen LogP contribution in [0.3, 0.4) is 0 Å². The maximum absolute atomic E-state index is 11.0. The third-order valence-corrected chi connectivity index (χ3v) is 2.58. The maximum atomic E-state index is 11.0. The average molecular weight is 222 g/mol. The van der Waals surface area contributed by atoms with Crippen molar-refractivity contribution in [2.24, 2.45) is 11.5 Å². The second-order valence-corrected chi connectivity index (χ2v) is 4.32. The van der Waals surface area contributed by atoms with E-state index in [0.717, 1.165) is 5.56 Å². The van der Waals surface area contributed by atoms with Crippen LogP contribution >= 0.6 is 0 Å². The summed E-state index contributed by atoms with van der Waals surface area (Å²) >= 11 is 0. The Bertz CT molecular complexity index is 400. The summed E-state index contributed by atoms with van der Waals surface area (Å²) in [6.45, 7) is 5.65. The third kappa shape index (κ3) is 2.97. The predicted octanol–water partition coefficient (Wildman–Crippen LogP) is 0.885. The van der Waals surface area contributed by atoms with Crippen molar-refractivity contribution in [3.05, 3.63) is 29.3 Å². The van der Waals surface area contributed by atoms with Gasteiger partial charge in [-0.15, -0.1) is 0 Å². The van der Waals surface area contributed by atoms with E-state index < -0.39 is 11.4 Å². The number of ether oxygens (including phenoxy) is 1. The first kappa shape index (κ1) is 12.5. The summed E-state index contributed by atoms with van der Waals surface area (Å²) in [5.74, 6) is 0.123. The minimum atomic E-state index is -1.14. The molecule has 0 fully saturated rings. The zero-order valence-corrected chi connectivity index (χ0v) is 9.91. The van der Waals surface area contributed by atoms with Crippen LogP contribution in [0.5, 0.6) is 5.75 Å². The minimum absolute atomic E-state index is 0.0742. The fourth-order valence-electron chi connectivity index (χ4n) is 1.11. The van der Waals surface area contributed by atoms with Crippen molar-refractivity contribution in [3.8, 4) is 5.75 Å². The Balaban J connectivity index is 2.68. The number of hydrogen-bond acceptors (Lipinski definition) is 3. The summed E-state index contributed by atoms with van der Waals surface area (Å²) in [6, 6.07) is 5.72. The van der Waals surface area contributed by atoms with Crippen LogP contribution in [-0.4, -0.2) is 18.1 Å². The van der Waals surface area contributed by atoms with Crippen molar-refractivity contribution in [2.45, 2.75) is 26.3 Å². The molecule has 1 aromatic rings. The number of carbonyl (C=O) groups is 1. The SMILES string of the molecule is Cc1ccc(OCC(C)(N)C(N)=O)cc1C. The topological polar surface area (TPSA) is 78.3 Å². The predicted molar refractivity (Wildman–Crippen MR) is 63.2 cm³/mol. The highest BCUT2D eigenvalue weighted by atomic mass is 16.5. The van der Waals surface area contributed by atoms with Crippen LogP contribution in [0, 0.1) is 13.8 Å². The van der Waals surface area contributed by atoms with Gasteiger partial charge in [-0.1, -0.05) is 6.07 Å². The molecule has 0 heterocycles. The molecule has 1 atom stereocenters. The number of nitrogens with two attached hydrogens (primary N) is 2. The fraction of sp³-hybridized carbons (Fsp3) is 0.417. The van der Waals surface area contributed by atoms with E-state index in [-0.39, 0.29) is 6.61 Å². The van der Waals surface area contributed by atoms with Crippen molar-refractivity contribution >= 4 is 5.91 Å². The molecule has 0 aliphatic rings. The first-order chi connectivity index (χ1) is 7.33. The molecule has 16 heavy (non-hydrogen) atoms. The molecule has 88 valence electrons. The van der Waals surface area contributed by atoms with Crippen LogP contribution in [-0.2, 0) is 4.79 Å². The van der Waals surface area contributed by atoms with E-state index in [0.29, 0.717) is 5.75 Å². The van der Waals surface area contributed by atoms with Gasteiger partial charge in [0.1, 0.15) is 17.9 Å². The second kappa shape index (κ2) is 4.53. The zero-order chi connectivity index (χ0) is 12.3. The summed E-state index contributed by atoms with van der Waals surface area (Å²) in [7, 11) is 0. The number of primary amides is 1. The summed E-state index contributed by atoms with van der Waals surface area (Å²) in [6.07, 6.45) is 0. The van der Waals surface area contributed by atoms with Gasteiger partial charge in [0.05, 0.1) is 0 Å². The summed E-state index contributed by atoms with van der Waals surface area (Å²) in [5.41, 5.74) is 12.0. The number of hydrogen-bond donors (Lipinski definition) is 2. The first-order valence-electron chi connectivity index (χ1n) is 5.12. The van der Waals surface area contributed by atoms with Crippen LogP contribution in [0.25, 0.3) is 0 Å². The van der Waals surface area contributed by atoms with Gasteiger partial charge in [0, 0.05) is 0 Å². The molecule has 1 amide bonds. The number of rotatable bonds is 4. The van der Waals surface area contributed by atoms with E-state index in [1.54, 1.807) is 6.92 Å². The molecule has 1 rings (SSSR count). The quantitative estimate of drug-likeness (QED) is 0.794. The molecule has 0 bridgehead atoms. The van der Waals surface area contributed by atoms with Crippen LogP contribution in [0.2, 0.25) is 0 Å². The van der Waals surface area contributed by atoms with E-state index in [1.165, 1.54) is 5.56 Å². The number of benzene rings is 1. The normalized spacial score (nSPS) is 14.2. The largest absolute Gasteiger partial charge is 0.491 e. The lowest BCUT2D eigenvalue weighted by Crippen LogP contribution is -2.53. The zero-order valence-electron chi connectivity index (χ0n) is 9.91. The Morgan fingerprint density at radius 1 is 1.38 bits per heavy atom. The average Bonchev–Trinajstić information content (AvgIpc) is 2.20.